The highest BCUT2D eigenvalue weighted by Crippen LogP contribution is 2.26. The summed E-state index contributed by atoms with van der Waals surface area (Å²) in [5, 5.41) is 9.42. The minimum atomic E-state index is 0.706. The van der Waals surface area contributed by atoms with Crippen molar-refractivity contribution in [2.75, 3.05) is 5.32 Å². The molecule has 0 unspecified atom stereocenters. The quantitative estimate of drug-likeness (QED) is 0.584. The Kier molecular flexibility index (Phi) is 3.73. The molecule has 6 heteroatoms. The fourth-order valence-corrected chi connectivity index (χ4v) is 3.30. The number of halogens is 1. The first-order valence-corrected chi connectivity index (χ1v) is 8.37. The summed E-state index contributed by atoms with van der Waals surface area (Å²) in [6.07, 6.45) is 1.92. The summed E-state index contributed by atoms with van der Waals surface area (Å²) in [6, 6.07) is 17.9. The number of imidazole rings is 1. The fourth-order valence-electron chi connectivity index (χ4n) is 2.33. The molecule has 0 spiro atoms. The first-order valence-electron chi connectivity index (χ1n) is 7.18. The molecular weight excluding hydrogens is 328 g/mol. The Morgan fingerprint density at radius 1 is 1.09 bits per heavy atom. The lowest BCUT2D eigenvalue weighted by Crippen LogP contribution is -1.99. The molecule has 1 N–H and O–H groups in total. The molecule has 0 aliphatic carbocycles. The second-order valence-corrected chi connectivity index (χ2v) is 6.50. The van der Waals surface area contributed by atoms with E-state index in [4.69, 9.17) is 11.6 Å². The van der Waals surface area contributed by atoms with Gasteiger partial charge >= 0.3 is 0 Å². The Balaban J connectivity index is 1.55. The molecule has 2 aromatic carbocycles. The normalized spacial score (nSPS) is 11.0. The van der Waals surface area contributed by atoms with Crippen LogP contribution in [0.25, 0.3) is 16.2 Å². The molecule has 4 rings (SSSR count). The van der Waals surface area contributed by atoms with E-state index in [9.17, 15) is 0 Å². The summed E-state index contributed by atoms with van der Waals surface area (Å²) in [5.41, 5.74) is 3.09. The third-order valence-corrected chi connectivity index (χ3v) is 4.57. The molecule has 0 aliphatic rings. The van der Waals surface area contributed by atoms with Crippen LogP contribution in [0.4, 0.5) is 5.13 Å². The van der Waals surface area contributed by atoms with Crippen molar-refractivity contribution in [3.8, 4) is 11.3 Å². The summed E-state index contributed by atoms with van der Waals surface area (Å²) in [7, 11) is 0. The van der Waals surface area contributed by atoms with Gasteiger partial charge in [-0.1, -0.05) is 65.4 Å². The standard InChI is InChI=1S/C17H13ClN4S/c18-14-8-4-7-13(9-14)15-11-22-17(20-15)23-16(21-22)19-10-12-5-2-1-3-6-12/h1-9,11H,10H2,(H,19,21). The summed E-state index contributed by atoms with van der Waals surface area (Å²) < 4.78 is 1.80. The van der Waals surface area contributed by atoms with Gasteiger partial charge in [0.1, 0.15) is 0 Å². The number of rotatable bonds is 4. The zero-order chi connectivity index (χ0) is 15.6. The van der Waals surface area contributed by atoms with Crippen LogP contribution in [0.3, 0.4) is 0 Å². The number of nitrogens with zero attached hydrogens (tertiary/aromatic N) is 3. The van der Waals surface area contributed by atoms with Gasteiger partial charge in [-0.2, -0.15) is 0 Å². The third kappa shape index (κ3) is 3.06. The highest BCUT2D eigenvalue weighted by molar-refractivity contribution is 7.20. The first kappa shape index (κ1) is 14.2. The number of benzene rings is 2. The molecule has 4 nitrogen and oxygen atoms in total. The van der Waals surface area contributed by atoms with Gasteiger partial charge in [0.05, 0.1) is 11.9 Å². The molecule has 0 bridgehead atoms. The van der Waals surface area contributed by atoms with Crippen LogP contribution in [0.1, 0.15) is 5.56 Å². The summed E-state index contributed by atoms with van der Waals surface area (Å²) in [5.74, 6) is 0. The van der Waals surface area contributed by atoms with Crippen LogP contribution in [0, 0.1) is 0 Å². The summed E-state index contributed by atoms with van der Waals surface area (Å²) >= 11 is 7.57. The predicted octanol–water partition coefficient (Wildman–Crippen LogP) is 4.72. The topological polar surface area (TPSA) is 42.2 Å². The van der Waals surface area contributed by atoms with Crippen molar-refractivity contribution in [1.82, 2.24) is 14.6 Å². The average Bonchev–Trinajstić information content (AvgIpc) is 3.12. The predicted molar refractivity (Wildman–Crippen MR) is 95.1 cm³/mol. The maximum Gasteiger partial charge on any atom is 0.214 e. The zero-order valence-electron chi connectivity index (χ0n) is 12.1. The van der Waals surface area contributed by atoms with E-state index in [1.54, 1.807) is 4.52 Å². The van der Waals surface area contributed by atoms with Crippen molar-refractivity contribution in [2.24, 2.45) is 0 Å². The Morgan fingerprint density at radius 3 is 2.74 bits per heavy atom. The van der Waals surface area contributed by atoms with Crippen LogP contribution in [-0.2, 0) is 6.54 Å². The van der Waals surface area contributed by atoms with Crippen molar-refractivity contribution >= 4 is 33.0 Å². The third-order valence-electron chi connectivity index (χ3n) is 3.45. The van der Waals surface area contributed by atoms with Crippen molar-refractivity contribution in [1.29, 1.82) is 0 Å². The lowest BCUT2D eigenvalue weighted by Gasteiger charge is -2.01. The number of fused-ring (bicyclic) bond motifs is 1. The van der Waals surface area contributed by atoms with Crippen LogP contribution in [0.15, 0.2) is 60.8 Å². The Bertz CT molecular complexity index is 914. The average molecular weight is 341 g/mol. The van der Waals surface area contributed by atoms with Gasteiger partial charge in [-0.15, -0.1) is 5.10 Å². The molecule has 23 heavy (non-hydrogen) atoms. The second-order valence-electron chi connectivity index (χ2n) is 5.11. The minimum Gasteiger partial charge on any atom is -0.356 e. The van der Waals surface area contributed by atoms with Crippen molar-refractivity contribution < 1.29 is 0 Å². The Morgan fingerprint density at radius 2 is 1.96 bits per heavy atom. The molecule has 0 aliphatic heterocycles. The smallest absolute Gasteiger partial charge is 0.214 e. The monoisotopic (exact) mass is 340 g/mol. The van der Waals surface area contributed by atoms with Crippen LogP contribution in [0.5, 0.6) is 0 Å². The first-order chi connectivity index (χ1) is 11.3. The van der Waals surface area contributed by atoms with E-state index in [0.717, 1.165) is 27.9 Å². The largest absolute Gasteiger partial charge is 0.356 e. The number of hydrogen-bond donors (Lipinski definition) is 1. The molecule has 0 atom stereocenters. The highest BCUT2D eigenvalue weighted by atomic mass is 35.5. The molecule has 0 radical (unpaired) electrons. The van der Waals surface area contributed by atoms with Gasteiger partial charge < -0.3 is 5.32 Å². The van der Waals surface area contributed by atoms with E-state index in [-0.39, 0.29) is 0 Å². The maximum absolute atomic E-state index is 6.03. The van der Waals surface area contributed by atoms with Crippen molar-refractivity contribution in [3.63, 3.8) is 0 Å². The number of hydrogen-bond acceptors (Lipinski definition) is 4. The minimum absolute atomic E-state index is 0.706. The Labute approximate surface area is 142 Å². The SMILES string of the molecule is Clc1cccc(-c2cn3nc(NCc4ccccc4)sc3n2)c1. The lowest BCUT2D eigenvalue weighted by atomic mass is 10.2. The lowest BCUT2D eigenvalue weighted by molar-refractivity contribution is 0.962. The maximum atomic E-state index is 6.03. The summed E-state index contributed by atoms with van der Waals surface area (Å²) in [4.78, 5) is 5.48. The van der Waals surface area contributed by atoms with Crippen LogP contribution in [-0.4, -0.2) is 14.6 Å². The van der Waals surface area contributed by atoms with Crippen LogP contribution in [0.2, 0.25) is 5.02 Å². The van der Waals surface area contributed by atoms with Crippen molar-refractivity contribution in [2.45, 2.75) is 6.54 Å². The van der Waals surface area contributed by atoms with Gasteiger partial charge in [-0.3, -0.25) is 0 Å². The molecule has 114 valence electrons. The molecule has 0 saturated carbocycles. The van der Waals surface area contributed by atoms with Gasteiger partial charge in [-0.05, 0) is 17.7 Å². The molecule has 2 heterocycles. The molecule has 4 aromatic rings. The molecule has 2 aromatic heterocycles. The second kappa shape index (κ2) is 6.02. The summed E-state index contributed by atoms with van der Waals surface area (Å²) in [6.45, 7) is 0.749. The fraction of sp³-hybridized carbons (Fsp3) is 0.0588. The van der Waals surface area contributed by atoms with Crippen LogP contribution >= 0.6 is 22.9 Å². The molecular formula is C17H13ClN4S. The molecule has 0 fully saturated rings. The number of nitrogens with one attached hydrogen (secondary N) is 1. The Hall–Kier alpha value is -2.37. The van der Waals surface area contributed by atoms with Gasteiger partial charge in [0.2, 0.25) is 10.1 Å². The van der Waals surface area contributed by atoms with E-state index in [0.29, 0.717) is 5.02 Å². The van der Waals surface area contributed by atoms with Gasteiger partial charge in [0.25, 0.3) is 0 Å². The van der Waals surface area contributed by atoms with E-state index >= 15 is 0 Å². The van der Waals surface area contributed by atoms with Gasteiger partial charge in [0.15, 0.2) is 0 Å². The number of anilines is 1. The van der Waals surface area contributed by atoms with E-state index in [1.807, 2.05) is 48.7 Å². The van der Waals surface area contributed by atoms with E-state index < -0.39 is 0 Å². The van der Waals surface area contributed by atoms with Crippen LogP contribution < -0.4 is 5.32 Å². The number of aromatic nitrogens is 3. The van der Waals surface area contributed by atoms with Crippen molar-refractivity contribution in [3.05, 3.63) is 71.4 Å². The highest BCUT2D eigenvalue weighted by Gasteiger charge is 2.09. The molecule has 0 amide bonds. The van der Waals surface area contributed by atoms with Gasteiger partial charge in [0, 0.05) is 17.1 Å². The van der Waals surface area contributed by atoms with E-state index in [1.165, 1.54) is 16.9 Å². The molecule has 0 saturated heterocycles. The van der Waals surface area contributed by atoms with Gasteiger partial charge in [-0.25, -0.2) is 9.50 Å². The zero-order valence-corrected chi connectivity index (χ0v) is 13.7. The van der Waals surface area contributed by atoms with E-state index in [2.05, 4.69) is 27.5 Å².